The van der Waals surface area contributed by atoms with Crippen LogP contribution in [0.1, 0.15) is 18.0 Å². The number of amides is 1. The van der Waals surface area contributed by atoms with Crippen LogP contribution in [0.15, 0.2) is 42.6 Å². The van der Waals surface area contributed by atoms with Gasteiger partial charge in [-0.3, -0.25) is 15.0 Å². The summed E-state index contributed by atoms with van der Waals surface area (Å²) in [5.41, 5.74) is 0.696. The quantitative estimate of drug-likeness (QED) is 0.576. The van der Waals surface area contributed by atoms with Crippen molar-refractivity contribution in [2.24, 2.45) is 0 Å². The number of nitrogens with one attached hydrogen (secondary N) is 2. The number of aromatic nitrogens is 4. The second-order valence-corrected chi connectivity index (χ2v) is 8.45. The van der Waals surface area contributed by atoms with Gasteiger partial charge in [-0.2, -0.15) is 5.10 Å². The van der Waals surface area contributed by atoms with Crippen LogP contribution < -0.4 is 15.5 Å². The number of carbonyl (C=O) groups excluding carboxylic acids is 1. The second-order valence-electron chi connectivity index (χ2n) is 7.48. The fourth-order valence-electron chi connectivity index (χ4n) is 3.56. The Kier molecular flexibility index (Phi) is 6.33. The lowest BCUT2D eigenvalue weighted by atomic mass is 10.1. The minimum absolute atomic E-state index is 0.201. The number of hydrogen-bond acceptors (Lipinski definition) is 9. The highest BCUT2D eigenvalue weighted by Crippen LogP contribution is 2.26. The van der Waals surface area contributed by atoms with Crippen LogP contribution in [0.2, 0.25) is 0 Å². The van der Waals surface area contributed by atoms with Crippen molar-refractivity contribution in [1.82, 2.24) is 25.3 Å². The maximum absolute atomic E-state index is 13.2. The van der Waals surface area contributed by atoms with Crippen molar-refractivity contribution < 1.29 is 9.18 Å². The summed E-state index contributed by atoms with van der Waals surface area (Å²) < 4.78 is 13.2. The average Bonchev–Trinajstić information content (AvgIpc) is 3.40. The molecule has 1 fully saturated rings. The van der Waals surface area contributed by atoms with E-state index < -0.39 is 6.04 Å². The zero-order chi connectivity index (χ0) is 21.8. The molecule has 9 nitrogen and oxygen atoms in total. The van der Waals surface area contributed by atoms with Gasteiger partial charge in [-0.15, -0.1) is 15.3 Å². The summed E-state index contributed by atoms with van der Waals surface area (Å²) in [6.45, 7) is 1.66. The summed E-state index contributed by atoms with van der Waals surface area (Å²) in [4.78, 5) is 16.8. The Morgan fingerprint density at radius 2 is 1.97 bits per heavy atom. The predicted molar refractivity (Wildman–Crippen MR) is 118 cm³/mol. The molecule has 3 heterocycles. The van der Waals surface area contributed by atoms with Crippen molar-refractivity contribution in [3.8, 4) is 0 Å². The molecule has 0 saturated carbocycles. The number of likely N-dealkylation sites (N-methyl/N-ethyl adjacent to an activating group) is 1. The maximum Gasteiger partial charge on any atom is 0.248 e. The van der Waals surface area contributed by atoms with Gasteiger partial charge in [0.25, 0.3) is 0 Å². The monoisotopic (exact) mass is 442 g/mol. The highest BCUT2D eigenvalue weighted by atomic mass is 32.1. The molecule has 2 N–H and O–H groups in total. The van der Waals surface area contributed by atoms with Gasteiger partial charge in [0.05, 0.1) is 0 Å². The largest absolute Gasteiger partial charge is 0.355 e. The molecule has 3 aromatic rings. The number of nitrogens with zero attached hydrogens (tertiary/aromatic N) is 6. The van der Waals surface area contributed by atoms with E-state index in [0.717, 1.165) is 25.3 Å². The molecule has 0 radical (unpaired) electrons. The zero-order valence-electron chi connectivity index (χ0n) is 17.2. The van der Waals surface area contributed by atoms with E-state index in [0.29, 0.717) is 15.8 Å². The lowest BCUT2D eigenvalue weighted by Gasteiger charge is -2.23. The van der Waals surface area contributed by atoms with E-state index in [1.165, 1.54) is 23.5 Å². The summed E-state index contributed by atoms with van der Waals surface area (Å²) in [5.74, 6) is 0.257. The van der Waals surface area contributed by atoms with Crippen molar-refractivity contribution in [1.29, 1.82) is 0 Å². The highest BCUT2D eigenvalue weighted by Gasteiger charge is 2.26. The van der Waals surface area contributed by atoms with Gasteiger partial charge in [-0.1, -0.05) is 23.5 Å². The van der Waals surface area contributed by atoms with Crippen LogP contribution in [-0.4, -0.2) is 64.4 Å². The molecular formula is C20H23FN8OS. The van der Waals surface area contributed by atoms with Crippen LogP contribution in [0.3, 0.4) is 0 Å². The summed E-state index contributed by atoms with van der Waals surface area (Å²) in [6, 6.07) is 9.34. The zero-order valence-corrected chi connectivity index (χ0v) is 18.0. The number of rotatable bonds is 7. The van der Waals surface area contributed by atoms with Crippen molar-refractivity contribution in [3.63, 3.8) is 0 Å². The number of benzene rings is 1. The molecule has 1 amide bonds. The van der Waals surface area contributed by atoms with E-state index in [1.54, 1.807) is 37.3 Å². The van der Waals surface area contributed by atoms with E-state index >= 15 is 0 Å². The van der Waals surface area contributed by atoms with Crippen LogP contribution in [0.25, 0.3) is 0 Å². The Balaban J connectivity index is 1.36. The van der Waals surface area contributed by atoms with E-state index in [4.69, 9.17) is 0 Å². The van der Waals surface area contributed by atoms with Crippen molar-refractivity contribution >= 4 is 33.3 Å². The SMILES string of the molecule is CN(C)C(C(=O)Nc1nnc(NC2CCN(c3cccnn3)C2)s1)c1ccc(F)cc1. The van der Waals surface area contributed by atoms with Gasteiger partial charge < -0.3 is 10.2 Å². The summed E-state index contributed by atoms with van der Waals surface area (Å²) in [7, 11) is 3.59. The highest BCUT2D eigenvalue weighted by molar-refractivity contribution is 7.19. The third-order valence-electron chi connectivity index (χ3n) is 5.00. The number of carbonyl (C=O) groups is 1. The van der Waals surface area contributed by atoms with Gasteiger partial charge in [0.2, 0.25) is 16.2 Å². The molecule has 1 aliphatic rings. The summed E-state index contributed by atoms with van der Waals surface area (Å²) in [6.07, 6.45) is 2.59. The van der Waals surface area contributed by atoms with Crippen molar-refractivity contribution in [2.45, 2.75) is 18.5 Å². The standard InChI is InChI=1S/C20H23FN8OS/c1-28(2)17(13-5-7-14(21)8-6-13)18(30)24-20-27-26-19(31-20)23-15-9-11-29(12-15)16-4-3-10-22-25-16/h3-8,10,15,17H,9,11-12H2,1-2H3,(H,23,26)(H,24,27,30). The first-order chi connectivity index (χ1) is 15.0. The predicted octanol–water partition coefficient (Wildman–Crippen LogP) is 2.40. The molecule has 2 atom stereocenters. The number of anilines is 3. The van der Waals surface area contributed by atoms with Gasteiger partial charge in [-0.05, 0) is 50.3 Å². The minimum atomic E-state index is -0.573. The van der Waals surface area contributed by atoms with Gasteiger partial charge in [0.15, 0.2) is 5.82 Å². The summed E-state index contributed by atoms with van der Waals surface area (Å²) >= 11 is 1.28. The smallest absolute Gasteiger partial charge is 0.248 e. The van der Waals surface area contributed by atoms with Crippen LogP contribution in [0, 0.1) is 5.82 Å². The van der Waals surface area contributed by atoms with Gasteiger partial charge in [0.1, 0.15) is 11.9 Å². The Morgan fingerprint density at radius 3 is 2.68 bits per heavy atom. The Labute approximate surface area is 183 Å². The third-order valence-corrected chi connectivity index (χ3v) is 5.77. The van der Waals surface area contributed by atoms with E-state index in [9.17, 15) is 9.18 Å². The summed E-state index contributed by atoms with van der Waals surface area (Å²) in [5, 5.41) is 23.6. The maximum atomic E-state index is 13.2. The first kappa shape index (κ1) is 21.1. The Bertz CT molecular complexity index is 1010. The first-order valence-corrected chi connectivity index (χ1v) is 10.7. The Hall–Kier alpha value is -3.18. The van der Waals surface area contributed by atoms with Gasteiger partial charge in [0, 0.05) is 25.3 Å². The molecule has 0 aliphatic carbocycles. The lowest BCUT2D eigenvalue weighted by Crippen LogP contribution is -2.32. The number of halogens is 1. The van der Waals surface area contributed by atoms with E-state index in [1.807, 2.05) is 12.1 Å². The molecule has 11 heteroatoms. The molecule has 0 bridgehead atoms. The molecule has 162 valence electrons. The van der Waals surface area contributed by atoms with Crippen molar-refractivity contribution in [2.75, 3.05) is 42.7 Å². The first-order valence-electron chi connectivity index (χ1n) is 9.85. The van der Waals surface area contributed by atoms with Crippen molar-refractivity contribution in [3.05, 3.63) is 54.0 Å². The lowest BCUT2D eigenvalue weighted by molar-refractivity contribution is -0.120. The van der Waals surface area contributed by atoms with E-state index in [-0.39, 0.29) is 17.8 Å². The normalized spacial score (nSPS) is 17.0. The molecule has 2 unspecified atom stereocenters. The minimum Gasteiger partial charge on any atom is -0.355 e. The van der Waals surface area contributed by atoms with Crippen LogP contribution in [0.5, 0.6) is 0 Å². The molecule has 1 saturated heterocycles. The second kappa shape index (κ2) is 9.31. The van der Waals surface area contributed by atoms with E-state index in [2.05, 4.69) is 35.9 Å². The van der Waals surface area contributed by atoms with Gasteiger partial charge in [-0.25, -0.2) is 4.39 Å². The molecule has 31 heavy (non-hydrogen) atoms. The average molecular weight is 443 g/mol. The third kappa shape index (κ3) is 5.12. The molecule has 1 aromatic carbocycles. The Morgan fingerprint density at radius 1 is 1.19 bits per heavy atom. The topological polar surface area (TPSA) is 99.2 Å². The van der Waals surface area contributed by atoms with Crippen LogP contribution in [-0.2, 0) is 4.79 Å². The molecule has 2 aromatic heterocycles. The van der Waals surface area contributed by atoms with Crippen LogP contribution >= 0.6 is 11.3 Å². The van der Waals surface area contributed by atoms with Crippen LogP contribution in [0.4, 0.5) is 20.5 Å². The molecular weight excluding hydrogens is 419 g/mol. The molecule has 4 rings (SSSR count). The van der Waals surface area contributed by atoms with Gasteiger partial charge >= 0.3 is 0 Å². The fourth-order valence-corrected chi connectivity index (χ4v) is 4.28. The molecule has 0 spiro atoms. The fraction of sp³-hybridized carbons (Fsp3) is 0.350. The number of hydrogen-bond donors (Lipinski definition) is 2. The molecule has 1 aliphatic heterocycles.